The SMILES string of the molecule is O=C(NCCc1cccc(F)c1)c1n[nH]c(=O)c2ccccc12. The van der Waals surface area contributed by atoms with Crippen molar-refractivity contribution in [3.05, 3.63) is 76.0 Å². The molecule has 1 aromatic heterocycles. The minimum Gasteiger partial charge on any atom is -0.350 e. The number of H-pyrrole nitrogens is 1. The Hall–Kier alpha value is -3.02. The highest BCUT2D eigenvalue weighted by Gasteiger charge is 2.13. The number of nitrogens with one attached hydrogen (secondary N) is 2. The average molecular weight is 311 g/mol. The molecule has 2 aromatic carbocycles. The number of carbonyl (C=O) groups is 1. The average Bonchev–Trinajstić information content (AvgIpc) is 2.55. The molecule has 0 saturated heterocycles. The molecule has 0 spiro atoms. The zero-order valence-corrected chi connectivity index (χ0v) is 12.2. The fourth-order valence-corrected chi connectivity index (χ4v) is 2.38. The number of nitrogens with zero attached hydrogens (tertiary/aromatic N) is 1. The van der Waals surface area contributed by atoms with Crippen LogP contribution < -0.4 is 10.9 Å². The smallest absolute Gasteiger partial charge is 0.272 e. The highest BCUT2D eigenvalue weighted by atomic mass is 19.1. The fraction of sp³-hybridized carbons (Fsp3) is 0.118. The summed E-state index contributed by atoms with van der Waals surface area (Å²) in [4.78, 5) is 24.0. The van der Waals surface area contributed by atoms with E-state index in [1.807, 2.05) is 0 Å². The molecule has 0 aliphatic carbocycles. The highest BCUT2D eigenvalue weighted by molar-refractivity contribution is 6.04. The second-order valence-corrected chi connectivity index (χ2v) is 5.08. The Labute approximate surface area is 131 Å². The number of hydrogen-bond donors (Lipinski definition) is 2. The van der Waals surface area contributed by atoms with Gasteiger partial charge in [0.25, 0.3) is 11.5 Å². The lowest BCUT2D eigenvalue weighted by molar-refractivity contribution is 0.0950. The van der Waals surface area contributed by atoms with E-state index in [2.05, 4.69) is 15.5 Å². The minimum atomic E-state index is -0.381. The number of aromatic nitrogens is 2. The zero-order chi connectivity index (χ0) is 16.2. The Morgan fingerprint density at radius 2 is 1.91 bits per heavy atom. The molecule has 3 rings (SSSR count). The van der Waals surface area contributed by atoms with Gasteiger partial charge in [0, 0.05) is 11.9 Å². The molecular weight excluding hydrogens is 297 g/mol. The van der Waals surface area contributed by atoms with E-state index in [9.17, 15) is 14.0 Å². The van der Waals surface area contributed by atoms with Crippen molar-refractivity contribution in [3.63, 3.8) is 0 Å². The number of rotatable bonds is 4. The van der Waals surface area contributed by atoms with E-state index in [4.69, 9.17) is 0 Å². The molecule has 2 N–H and O–H groups in total. The summed E-state index contributed by atoms with van der Waals surface area (Å²) in [5.74, 6) is -0.684. The van der Waals surface area contributed by atoms with Crippen LogP contribution in [-0.4, -0.2) is 22.6 Å². The van der Waals surface area contributed by atoms with Crippen molar-refractivity contribution in [1.29, 1.82) is 0 Å². The zero-order valence-electron chi connectivity index (χ0n) is 12.2. The Morgan fingerprint density at radius 1 is 1.13 bits per heavy atom. The molecule has 0 unspecified atom stereocenters. The standard InChI is InChI=1S/C17H14FN3O2/c18-12-5-3-4-11(10-12)8-9-19-17(23)15-13-6-1-2-7-14(13)16(22)21-20-15/h1-7,10H,8-9H2,(H,19,23)(H,21,22). The maximum absolute atomic E-state index is 13.1. The van der Waals surface area contributed by atoms with Crippen molar-refractivity contribution in [2.75, 3.05) is 6.54 Å². The van der Waals surface area contributed by atoms with Gasteiger partial charge in [0.15, 0.2) is 5.69 Å². The van der Waals surface area contributed by atoms with Gasteiger partial charge in [-0.15, -0.1) is 0 Å². The molecule has 3 aromatic rings. The molecule has 0 fully saturated rings. The van der Waals surface area contributed by atoms with Gasteiger partial charge in [0.05, 0.1) is 5.39 Å². The molecule has 23 heavy (non-hydrogen) atoms. The maximum atomic E-state index is 13.1. The van der Waals surface area contributed by atoms with Crippen molar-refractivity contribution in [2.45, 2.75) is 6.42 Å². The van der Waals surface area contributed by atoms with Gasteiger partial charge in [0.2, 0.25) is 0 Å². The van der Waals surface area contributed by atoms with E-state index in [-0.39, 0.29) is 23.0 Å². The van der Waals surface area contributed by atoms with Gasteiger partial charge < -0.3 is 5.32 Å². The quantitative estimate of drug-likeness (QED) is 0.774. The molecule has 0 aliphatic heterocycles. The lowest BCUT2D eigenvalue weighted by atomic mass is 10.1. The third kappa shape index (κ3) is 3.26. The summed E-state index contributed by atoms with van der Waals surface area (Å²) >= 11 is 0. The lowest BCUT2D eigenvalue weighted by Gasteiger charge is -2.07. The number of fused-ring (bicyclic) bond motifs is 1. The van der Waals surface area contributed by atoms with E-state index < -0.39 is 0 Å². The van der Waals surface area contributed by atoms with E-state index in [0.29, 0.717) is 23.7 Å². The largest absolute Gasteiger partial charge is 0.350 e. The van der Waals surface area contributed by atoms with E-state index >= 15 is 0 Å². The van der Waals surface area contributed by atoms with Crippen molar-refractivity contribution in [2.24, 2.45) is 0 Å². The van der Waals surface area contributed by atoms with E-state index in [1.54, 1.807) is 36.4 Å². The van der Waals surface area contributed by atoms with Gasteiger partial charge in [-0.3, -0.25) is 9.59 Å². The van der Waals surface area contributed by atoms with Crippen molar-refractivity contribution >= 4 is 16.7 Å². The normalized spacial score (nSPS) is 10.7. The second-order valence-electron chi connectivity index (χ2n) is 5.08. The molecule has 0 bridgehead atoms. The summed E-state index contributed by atoms with van der Waals surface area (Å²) < 4.78 is 13.1. The maximum Gasteiger partial charge on any atom is 0.272 e. The number of carbonyl (C=O) groups excluding carboxylic acids is 1. The first-order valence-electron chi connectivity index (χ1n) is 7.15. The van der Waals surface area contributed by atoms with Crippen LogP contribution in [0.2, 0.25) is 0 Å². The Balaban J connectivity index is 1.74. The first kappa shape index (κ1) is 14.9. The minimum absolute atomic E-state index is 0.166. The Kier molecular flexibility index (Phi) is 4.14. The first-order valence-corrected chi connectivity index (χ1v) is 7.15. The fourth-order valence-electron chi connectivity index (χ4n) is 2.38. The molecule has 0 atom stereocenters. The Morgan fingerprint density at radius 3 is 2.70 bits per heavy atom. The van der Waals surface area contributed by atoms with Crippen LogP contribution in [0.4, 0.5) is 4.39 Å². The molecule has 0 radical (unpaired) electrons. The molecule has 116 valence electrons. The van der Waals surface area contributed by atoms with Crippen molar-refractivity contribution in [3.8, 4) is 0 Å². The van der Waals surface area contributed by atoms with Gasteiger partial charge in [-0.05, 0) is 30.2 Å². The van der Waals surface area contributed by atoms with Gasteiger partial charge in [-0.2, -0.15) is 5.10 Å². The summed E-state index contributed by atoms with van der Waals surface area (Å²) in [5, 5.41) is 9.81. The van der Waals surface area contributed by atoms with Crippen LogP contribution in [0.15, 0.2) is 53.3 Å². The van der Waals surface area contributed by atoms with Crippen LogP contribution in [0.25, 0.3) is 10.8 Å². The predicted molar refractivity (Wildman–Crippen MR) is 84.8 cm³/mol. The lowest BCUT2D eigenvalue weighted by Crippen LogP contribution is -2.28. The summed E-state index contributed by atoms with van der Waals surface area (Å²) in [5.41, 5.74) is 0.626. The molecule has 1 amide bonds. The first-order chi connectivity index (χ1) is 11.1. The number of benzene rings is 2. The molecule has 0 saturated carbocycles. The summed E-state index contributed by atoms with van der Waals surface area (Å²) in [6, 6.07) is 13.0. The molecule has 6 heteroatoms. The topological polar surface area (TPSA) is 74.8 Å². The van der Waals surface area contributed by atoms with Gasteiger partial charge in [0.1, 0.15) is 5.82 Å². The number of hydrogen-bond acceptors (Lipinski definition) is 3. The van der Waals surface area contributed by atoms with E-state index in [0.717, 1.165) is 5.56 Å². The summed E-state index contributed by atoms with van der Waals surface area (Å²) in [7, 11) is 0. The monoisotopic (exact) mass is 311 g/mol. The van der Waals surface area contributed by atoms with Gasteiger partial charge in [-0.25, -0.2) is 9.49 Å². The van der Waals surface area contributed by atoms with Gasteiger partial charge in [-0.1, -0.05) is 30.3 Å². The van der Waals surface area contributed by atoms with Crippen molar-refractivity contribution < 1.29 is 9.18 Å². The molecule has 5 nitrogen and oxygen atoms in total. The summed E-state index contributed by atoms with van der Waals surface area (Å²) in [6.45, 7) is 0.345. The van der Waals surface area contributed by atoms with Crippen LogP contribution >= 0.6 is 0 Å². The van der Waals surface area contributed by atoms with Crippen LogP contribution in [-0.2, 0) is 6.42 Å². The number of amides is 1. The third-order valence-corrected chi connectivity index (χ3v) is 3.50. The number of aromatic amines is 1. The van der Waals surface area contributed by atoms with Crippen LogP contribution in [0.5, 0.6) is 0 Å². The second kappa shape index (κ2) is 6.39. The van der Waals surface area contributed by atoms with Gasteiger partial charge >= 0.3 is 0 Å². The molecular formula is C17H14FN3O2. The van der Waals surface area contributed by atoms with Crippen LogP contribution in [0.1, 0.15) is 16.1 Å². The molecule has 1 heterocycles. The van der Waals surface area contributed by atoms with E-state index in [1.165, 1.54) is 12.1 Å². The third-order valence-electron chi connectivity index (χ3n) is 3.50. The summed E-state index contributed by atoms with van der Waals surface area (Å²) in [6.07, 6.45) is 0.505. The highest BCUT2D eigenvalue weighted by Crippen LogP contribution is 2.12. The van der Waals surface area contributed by atoms with Crippen LogP contribution in [0.3, 0.4) is 0 Å². The molecule has 0 aliphatic rings. The Bertz CT molecular complexity index is 921. The predicted octanol–water partition coefficient (Wildman–Crippen LogP) is 2.03. The van der Waals surface area contributed by atoms with Crippen LogP contribution in [0, 0.1) is 5.82 Å². The number of halogens is 1. The van der Waals surface area contributed by atoms with Crippen molar-refractivity contribution in [1.82, 2.24) is 15.5 Å².